The molecule has 1 saturated heterocycles. The van der Waals surface area contributed by atoms with Gasteiger partial charge in [0, 0.05) is 25.2 Å². The van der Waals surface area contributed by atoms with E-state index in [1.54, 1.807) is 0 Å². The first kappa shape index (κ1) is 8.58. The molecular formula is C9H16N2. The lowest BCUT2D eigenvalue weighted by Crippen LogP contribution is -2.54. The van der Waals surface area contributed by atoms with E-state index in [1.807, 2.05) is 0 Å². The van der Waals surface area contributed by atoms with Gasteiger partial charge in [-0.15, -0.1) is 6.42 Å². The molecule has 0 saturated carbocycles. The van der Waals surface area contributed by atoms with Crippen LogP contribution >= 0.6 is 0 Å². The summed E-state index contributed by atoms with van der Waals surface area (Å²) in [6, 6.07) is 1.16. The van der Waals surface area contributed by atoms with Gasteiger partial charge in [0.15, 0.2) is 0 Å². The summed E-state index contributed by atoms with van der Waals surface area (Å²) in [5, 5.41) is 3.36. The summed E-state index contributed by atoms with van der Waals surface area (Å²) >= 11 is 0. The highest BCUT2D eigenvalue weighted by molar-refractivity contribution is 4.94. The molecule has 1 aliphatic rings. The fraction of sp³-hybridized carbons (Fsp3) is 0.778. The molecule has 2 atom stereocenters. The van der Waals surface area contributed by atoms with E-state index in [0.29, 0.717) is 12.1 Å². The predicted molar refractivity (Wildman–Crippen MR) is 47.3 cm³/mol. The van der Waals surface area contributed by atoms with Crippen molar-refractivity contribution in [3.8, 4) is 12.3 Å². The maximum Gasteiger partial charge on any atom is 0.0604 e. The highest BCUT2D eigenvalue weighted by atomic mass is 15.2. The minimum atomic E-state index is 0.579. The SMILES string of the molecule is C#CCN1C(C)CNCC1C. The van der Waals surface area contributed by atoms with Gasteiger partial charge in [0.2, 0.25) is 0 Å². The Morgan fingerprint density at radius 3 is 2.45 bits per heavy atom. The van der Waals surface area contributed by atoms with Crippen molar-refractivity contribution in [1.29, 1.82) is 0 Å². The molecule has 11 heavy (non-hydrogen) atoms. The molecule has 1 fully saturated rings. The van der Waals surface area contributed by atoms with Gasteiger partial charge in [-0.1, -0.05) is 5.92 Å². The molecule has 1 aliphatic heterocycles. The summed E-state index contributed by atoms with van der Waals surface area (Å²) in [4.78, 5) is 2.36. The summed E-state index contributed by atoms with van der Waals surface area (Å²) in [6.45, 7) is 7.32. The lowest BCUT2D eigenvalue weighted by atomic mass is 10.1. The van der Waals surface area contributed by atoms with Crippen molar-refractivity contribution >= 4 is 0 Å². The summed E-state index contributed by atoms with van der Waals surface area (Å²) in [7, 11) is 0. The lowest BCUT2D eigenvalue weighted by molar-refractivity contribution is 0.135. The van der Waals surface area contributed by atoms with Crippen LogP contribution in [0.15, 0.2) is 0 Å². The summed E-state index contributed by atoms with van der Waals surface area (Å²) in [6.07, 6.45) is 5.27. The van der Waals surface area contributed by atoms with Gasteiger partial charge in [0.1, 0.15) is 0 Å². The monoisotopic (exact) mass is 152 g/mol. The molecule has 2 nitrogen and oxygen atoms in total. The predicted octanol–water partition coefficient (Wildman–Crippen LogP) is 0.302. The Labute approximate surface area is 69.0 Å². The van der Waals surface area contributed by atoms with Crippen molar-refractivity contribution in [2.24, 2.45) is 0 Å². The van der Waals surface area contributed by atoms with E-state index in [4.69, 9.17) is 6.42 Å². The number of piperazine rings is 1. The molecule has 0 aromatic carbocycles. The molecule has 0 amide bonds. The molecule has 0 spiro atoms. The largest absolute Gasteiger partial charge is 0.314 e. The zero-order valence-corrected chi connectivity index (χ0v) is 7.30. The second kappa shape index (κ2) is 3.75. The van der Waals surface area contributed by atoms with Crippen molar-refractivity contribution < 1.29 is 0 Å². The molecule has 0 bridgehead atoms. The Balaban J connectivity index is 2.49. The van der Waals surface area contributed by atoms with Crippen LogP contribution < -0.4 is 5.32 Å². The van der Waals surface area contributed by atoms with Gasteiger partial charge in [0.25, 0.3) is 0 Å². The third-order valence-electron chi connectivity index (χ3n) is 2.29. The van der Waals surface area contributed by atoms with Crippen molar-refractivity contribution in [2.45, 2.75) is 25.9 Å². The topological polar surface area (TPSA) is 15.3 Å². The Kier molecular flexibility index (Phi) is 2.92. The number of nitrogens with one attached hydrogen (secondary N) is 1. The molecule has 0 radical (unpaired) electrons. The van der Waals surface area contributed by atoms with E-state index >= 15 is 0 Å². The molecular weight excluding hydrogens is 136 g/mol. The minimum absolute atomic E-state index is 0.579. The van der Waals surface area contributed by atoms with Gasteiger partial charge < -0.3 is 5.32 Å². The number of rotatable bonds is 1. The molecule has 2 unspecified atom stereocenters. The van der Waals surface area contributed by atoms with Crippen molar-refractivity contribution in [1.82, 2.24) is 10.2 Å². The van der Waals surface area contributed by atoms with Crippen molar-refractivity contribution in [3.63, 3.8) is 0 Å². The molecule has 1 N–H and O–H groups in total. The van der Waals surface area contributed by atoms with Crippen LogP contribution in [0.3, 0.4) is 0 Å². The minimum Gasteiger partial charge on any atom is -0.314 e. The van der Waals surface area contributed by atoms with E-state index in [-0.39, 0.29) is 0 Å². The number of nitrogens with zero attached hydrogens (tertiary/aromatic N) is 1. The Morgan fingerprint density at radius 1 is 1.45 bits per heavy atom. The quantitative estimate of drug-likeness (QED) is 0.544. The molecule has 0 aromatic heterocycles. The van der Waals surface area contributed by atoms with Gasteiger partial charge in [0.05, 0.1) is 6.54 Å². The maximum absolute atomic E-state index is 5.27. The molecule has 1 heterocycles. The first-order chi connectivity index (χ1) is 5.25. The first-order valence-corrected chi connectivity index (χ1v) is 4.15. The van der Waals surface area contributed by atoms with E-state index < -0.39 is 0 Å². The lowest BCUT2D eigenvalue weighted by Gasteiger charge is -2.38. The highest BCUT2D eigenvalue weighted by Crippen LogP contribution is 2.07. The fourth-order valence-corrected chi connectivity index (χ4v) is 1.59. The van der Waals surface area contributed by atoms with Crippen LogP contribution in [0.1, 0.15) is 13.8 Å². The standard InChI is InChI=1S/C9H16N2/c1-4-5-11-8(2)6-10-7-9(11)3/h1,8-10H,5-7H2,2-3H3. The molecule has 62 valence electrons. The first-order valence-electron chi connectivity index (χ1n) is 4.15. The Hall–Kier alpha value is -0.520. The van der Waals surface area contributed by atoms with E-state index in [2.05, 4.69) is 30.0 Å². The van der Waals surface area contributed by atoms with Crippen LogP contribution in [0.2, 0.25) is 0 Å². The summed E-state index contributed by atoms with van der Waals surface area (Å²) in [5.41, 5.74) is 0. The van der Waals surface area contributed by atoms with Crippen LogP contribution in [0, 0.1) is 12.3 Å². The van der Waals surface area contributed by atoms with Crippen LogP contribution in [-0.2, 0) is 0 Å². The highest BCUT2D eigenvalue weighted by Gasteiger charge is 2.22. The van der Waals surface area contributed by atoms with Crippen molar-refractivity contribution in [3.05, 3.63) is 0 Å². The number of hydrogen-bond acceptors (Lipinski definition) is 2. The van der Waals surface area contributed by atoms with Crippen LogP contribution in [0.4, 0.5) is 0 Å². The van der Waals surface area contributed by atoms with Gasteiger partial charge in [-0.2, -0.15) is 0 Å². The average molecular weight is 152 g/mol. The summed E-state index contributed by atoms with van der Waals surface area (Å²) in [5.74, 6) is 2.70. The average Bonchev–Trinajstić information content (AvgIpc) is 1.97. The zero-order valence-electron chi connectivity index (χ0n) is 7.30. The third-order valence-corrected chi connectivity index (χ3v) is 2.29. The van der Waals surface area contributed by atoms with E-state index in [1.165, 1.54) is 0 Å². The summed E-state index contributed by atoms with van der Waals surface area (Å²) < 4.78 is 0. The number of hydrogen-bond donors (Lipinski definition) is 1. The zero-order chi connectivity index (χ0) is 8.27. The fourth-order valence-electron chi connectivity index (χ4n) is 1.59. The van der Waals surface area contributed by atoms with E-state index in [9.17, 15) is 0 Å². The van der Waals surface area contributed by atoms with Crippen LogP contribution in [-0.4, -0.2) is 36.6 Å². The number of terminal acetylenes is 1. The normalized spacial score (nSPS) is 33.2. The second-order valence-electron chi connectivity index (χ2n) is 3.23. The Morgan fingerprint density at radius 2 is 2.00 bits per heavy atom. The van der Waals surface area contributed by atoms with Gasteiger partial charge in [-0.3, -0.25) is 4.90 Å². The Bertz CT molecular complexity index is 149. The van der Waals surface area contributed by atoms with Gasteiger partial charge in [-0.05, 0) is 13.8 Å². The van der Waals surface area contributed by atoms with Crippen molar-refractivity contribution in [2.75, 3.05) is 19.6 Å². The van der Waals surface area contributed by atoms with Crippen LogP contribution in [0.25, 0.3) is 0 Å². The molecule has 2 heteroatoms. The van der Waals surface area contributed by atoms with E-state index in [0.717, 1.165) is 19.6 Å². The smallest absolute Gasteiger partial charge is 0.0604 e. The van der Waals surface area contributed by atoms with Gasteiger partial charge in [-0.25, -0.2) is 0 Å². The molecule has 0 aliphatic carbocycles. The third kappa shape index (κ3) is 1.95. The maximum atomic E-state index is 5.27. The van der Waals surface area contributed by atoms with Gasteiger partial charge >= 0.3 is 0 Å². The second-order valence-corrected chi connectivity index (χ2v) is 3.23. The van der Waals surface area contributed by atoms with Crippen LogP contribution in [0.5, 0.6) is 0 Å². The molecule has 0 aromatic rings. The molecule has 1 rings (SSSR count).